The van der Waals surface area contributed by atoms with E-state index in [1.54, 1.807) is 11.8 Å². The van der Waals surface area contributed by atoms with E-state index < -0.39 is 12.0 Å². The van der Waals surface area contributed by atoms with Crippen molar-refractivity contribution >= 4 is 23.5 Å². The molecule has 1 aliphatic rings. The number of aliphatic carboxylic acids is 1. The molecule has 18 heavy (non-hydrogen) atoms. The first-order valence-electron chi connectivity index (χ1n) is 5.98. The monoisotopic (exact) mass is 267 g/mol. The maximum Gasteiger partial charge on any atom is 0.327 e. The van der Waals surface area contributed by atoms with Gasteiger partial charge in [0.1, 0.15) is 18.2 Å². The highest BCUT2D eigenvalue weighted by atomic mass is 32.2. The van der Waals surface area contributed by atoms with Crippen molar-refractivity contribution in [2.45, 2.75) is 25.8 Å². The number of aromatic nitrogens is 2. The molecule has 0 radical (unpaired) electrons. The lowest BCUT2D eigenvalue weighted by atomic mass is 10.1. The molecule has 0 aromatic carbocycles. The third-order valence-corrected chi connectivity index (χ3v) is 4.00. The average molecular weight is 267 g/mol. The Hall–Kier alpha value is -1.30. The predicted octanol–water partition coefficient (Wildman–Crippen LogP) is 1.61. The second kappa shape index (κ2) is 5.56. The Morgan fingerprint density at radius 1 is 1.56 bits per heavy atom. The molecule has 2 heterocycles. The molecule has 1 N–H and O–H groups in total. The van der Waals surface area contributed by atoms with Crippen LogP contribution in [0.1, 0.15) is 25.5 Å². The van der Waals surface area contributed by atoms with Crippen molar-refractivity contribution in [3.05, 3.63) is 18.1 Å². The summed E-state index contributed by atoms with van der Waals surface area (Å²) in [4.78, 5) is 21.6. The number of carboxylic acids is 1. The van der Waals surface area contributed by atoms with Crippen molar-refractivity contribution < 1.29 is 9.90 Å². The smallest absolute Gasteiger partial charge is 0.327 e. The number of hydrogen-bond acceptors (Lipinski definition) is 5. The molecular weight excluding hydrogens is 250 g/mol. The molecular formula is C12H17N3O2S. The molecule has 1 saturated heterocycles. The van der Waals surface area contributed by atoms with Crippen LogP contribution >= 0.6 is 11.8 Å². The van der Waals surface area contributed by atoms with E-state index in [-0.39, 0.29) is 0 Å². The zero-order chi connectivity index (χ0) is 13.1. The van der Waals surface area contributed by atoms with Crippen LogP contribution in [0, 0.1) is 0 Å². The Kier molecular flexibility index (Phi) is 4.06. The Balaban J connectivity index is 2.28. The van der Waals surface area contributed by atoms with E-state index in [0.29, 0.717) is 11.7 Å². The van der Waals surface area contributed by atoms with E-state index in [9.17, 15) is 9.90 Å². The lowest BCUT2D eigenvalue weighted by molar-refractivity contribution is -0.138. The number of thioether (sulfide) groups is 1. The SMILES string of the molecule is CC(C)c1cc(N2CCSCC2C(=O)O)ncn1. The van der Waals surface area contributed by atoms with Gasteiger partial charge in [0.15, 0.2) is 0 Å². The van der Waals surface area contributed by atoms with Crippen LogP contribution < -0.4 is 4.90 Å². The first kappa shape index (κ1) is 13.1. The molecule has 0 aliphatic carbocycles. The third-order valence-electron chi connectivity index (χ3n) is 2.97. The summed E-state index contributed by atoms with van der Waals surface area (Å²) in [5.74, 6) is 1.80. The largest absolute Gasteiger partial charge is 0.480 e. The minimum absolute atomic E-state index is 0.314. The Morgan fingerprint density at radius 2 is 2.33 bits per heavy atom. The molecule has 2 rings (SSSR count). The van der Waals surface area contributed by atoms with Gasteiger partial charge in [-0.05, 0) is 5.92 Å². The molecule has 1 aliphatic heterocycles. The van der Waals surface area contributed by atoms with Crippen molar-refractivity contribution in [2.24, 2.45) is 0 Å². The fourth-order valence-corrected chi connectivity index (χ4v) is 2.96. The van der Waals surface area contributed by atoms with Crippen LogP contribution in [-0.4, -0.2) is 45.1 Å². The summed E-state index contributed by atoms with van der Waals surface area (Å²) in [6, 6.07) is 1.41. The highest BCUT2D eigenvalue weighted by Gasteiger charge is 2.30. The van der Waals surface area contributed by atoms with Crippen LogP contribution in [0.15, 0.2) is 12.4 Å². The zero-order valence-electron chi connectivity index (χ0n) is 10.5. The quantitative estimate of drug-likeness (QED) is 0.897. The lowest BCUT2D eigenvalue weighted by Gasteiger charge is -2.33. The molecule has 98 valence electrons. The maximum absolute atomic E-state index is 11.3. The molecule has 0 saturated carbocycles. The van der Waals surface area contributed by atoms with Crippen LogP contribution in [0.25, 0.3) is 0 Å². The van der Waals surface area contributed by atoms with Crippen molar-refractivity contribution in [3.63, 3.8) is 0 Å². The number of nitrogens with zero attached hydrogens (tertiary/aromatic N) is 3. The van der Waals surface area contributed by atoms with Gasteiger partial charge in [-0.3, -0.25) is 0 Å². The van der Waals surface area contributed by atoms with Crippen LogP contribution in [0.5, 0.6) is 0 Å². The summed E-state index contributed by atoms with van der Waals surface area (Å²) in [5.41, 5.74) is 0.947. The molecule has 0 spiro atoms. The standard InChI is InChI=1S/C12H17N3O2S/c1-8(2)9-5-11(14-7-13-9)15-3-4-18-6-10(15)12(16)17/h5,7-8,10H,3-4,6H2,1-2H3,(H,16,17). The topological polar surface area (TPSA) is 66.3 Å². The van der Waals surface area contributed by atoms with Crippen molar-refractivity contribution in [1.29, 1.82) is 0 Å². The summed E-state index contributed by atoms with van der Waals surface area (Å²) >= 11 is 1.67. The second-order valence-corrected chi connectivity index (χ2v) is 5.73. The molecule has 6 heteroatoms. The Bertz CT molecular complexity index is 439. The average Bonchev–Trinajstić information content (AvgIpc) is 2.39. The van der Waals surface area contributed by atoms with Gasteiger partial charge in [0.05, 0.1) is 0 Å². The summed E-state index contributed by atoms with van der Waals surface area (Å²) in [5, 5.41) is 9.25. The number of rotatable bonds is 3. The summed E-state index contributed by atoms with van der Waals surface area (Å²) in [6.45, 7) is 4.84. The van der Waals surface area contributed by atoms with E-state index in [1.807, 2.05) is 11.0 Å². The van der Waals surface area contributed by atoms with E-state index in [1.165, 1.54) is 6.33 Å². The van der Waals surface area contributed by atoms with Gasteiger partial charge in [-0.15, -0.1) is 0 Å². The van der Waals surface area contributed by atoms with Crippen molar-refractivity contribution in [1.82, 2.24) is 9.97 Å². The molecule has 1 atom stereocenters. The molecule has 1 aromatic heterocycles. The number of carbonyl (C=O) groups is 1. The van der Waals surface area contributed by atoms with Gasteiger partial charge in [0, 0.05) is 29.8 Å². The summed E-state index contributed by atoms with van der Waals surface area (Å²) < 4.78 is 0. The zero-order valence-corrected chi connectivity index (χ0v) is 11.4. The predicted molar refractivity (Wildman–Crippen MR) is 72.2 cm³/mol. The van der Waals surface area contributed by atoms with Gasteiger partial charge in [-0.25, -0.2) is 14.8 Å². The van der Waals surface area contributed by atoms with Crippen LogP contribution in [-0.2, 0) is 4.79 Å². The Morgan fingerprint density at radius 3 is 3.00 bits per heavy atom. The molecule has 1 unspecified atom stereocenters. The van der Waals surface area contributed by atoms with E-state index in [0.717, 1.165) is 23.8 Å². The first-order valence-corrected chi connectivity index (χ1v) is 7.14. The van der Waals surface area contributed by atoms with E-state index >= 15 is 0 Å². The highest BCUT2D eigenvalue weighted by molar-refractivity contribution is 7.99. The molecule has 1 fully saturated rings. The second-order valence-electron chi connectivity index (χ2n) is 4.58. The fourth-order valence-electron chi connectivity index (χ4n) is 1.92. The first-order chi connectivity index (χ1) is 8.59. The van der Waals surface area contributed by atoms with Gasteiger partial charge in [0.25, 0.3) is 0 Å². The van der Waals surface area contributed by atoms with Crippen molar-refractivity contribution in [2.75, 3.05) is 23.0 Å². The number of hydrogen-bond donors (Lipinski definition) is 1. The minimum Gasteiger partial charge on any atom is -0.480 e. The van der Waals surface area contributed by atoms with Gasteiger partial charge in [-0.1, -0.05) is 13.8 Å². The summed E-state index contributed by atoms with van der Waals surface area (Å²) in [6.07, 6.45) is 1.52. The van der Waals surface area contributed by atoms with Crippen LogP contribution in [0.2, 0.25) is 0 Å². The van der Waals surface area contributed by atoms with Gasteiger partial charge in [-0.2, -0.15) is 11.8 Å². The molecule has 0 bridgehead atoms. The minimum atomic E-state index is -0.785. The summed E-state index contributed by atoms with van der Waals surface area (Å²) in [7, 11) is 0. The van der Waals surface area contributed by atoms with Crippen LogP contribution in [0.3, 0.4) is 0 Å². The maximum atomic E-state index is 11.3. The third kappa shape index (κ3) is 2.75. The fraction of sp³-hybridized carbons (Fsp3) is 0.583. The Labute approximate surface area is 111 Å². The molecule has 1 aromatic rings. The normalized spacial score (nSPS) is 20.2. The number of anilines is 1. The van der Waals surface area contributed by atoms with Gasteiger partial charge in [0.2, 0.25) is 0 Å². The highest BCUT2D eigenvalue weighted by Crippen LogP contribution is 2.24. The lowest BCUT2D eigenvalue weighted by Crippen LogP contribution is -2.47. The van der Waals surface area contributed by atoms with Crippen molar-refractivity contribution in [3.8, 4) is 0 Å². The van der Waals surface area contributed by atoms with Gasteiger partial charge < -0.3 is 10.0 Å². The number of carboxylic acid groups (broad SMARTS) is 1. The van der Waals surface area contributed by atoms with Crippen LogP contribution in [0.4, 0.5) is 5.82 Å². The van der Waals surface area contributed by atoms with E-state index in [4.69, 9.17) is 0 Å². The molecule has 5 nitrogen and oxygen atoms in total. The van der Waals surface area contributed by atoms with E-state index in [2.05, 4.69) is 23.8 Å². The molecule has 0 amide bonds. The van der Waals surface area contributed by atoms with Gasteiger partial charge >= 0.3 is 5.97 Å².